The van der Waals surface area contributed by atoms with Crippen LogP contribution in [0.15, 0.2) is 43.9 Å². The third-order valence-corrected chi connectivity index (χ3v) is 3.63. The van der Waals surface area contributed by atoms with Gasteiger partial charge in [-0.1, -0.05) is 6.07 Å². The molecule has 2 aromatic rings. The number of hydrogen-bond donors (Lipinski definition) is 0. The molecule has 2 rings (SSSR count). The van der Waals surface area contributed by atoms with Crippen LogP contribution in [-0.4, -0.2) is 17.9 Å². The van der Waals surface area contributed by atoms with Crippen LogP contribution in [0.2, 0.25) is 0 Å². The Balaban J connectivity index is 2.19. The van der Waals surface area contributed by atoms with Crippen LogP contribution in [0.25, 0.3) is 0 Å². The van der Waals surface area contributed by atoms with Crippen LogP contribution in [0.5, 0.6) is 0 Å². The first-order valence-electron chi connectivity index (χ1n) is 5.42. The van der Waals surface area contributed by atoms with Gasteiger partial charge < -0.3 is 9.32 Å². The highest BCUT2D eigenvalue weighted by molar-refractivity contribution is 9.10. The molecule has 0 aliphatic carbocycles. The molecule has 0 N–H and O–H groups in total. The molecule has 1 amide bonds. The predicted octanol–water partition coefficient (Wildman–Crippen LogP) is 4.22. The van der Waals surface area contributed by atoms with Gasteiger partial charge in [0.25, 0.3) is 5.91 Å². The quantitative estimate of drug-likeness (QED) is 0.786. The number of hydrogen-bond acceptors (Lipinski definition) is 2. The molecule has 3 nitrogen and oxygen atoms in total. The number of amides is 1. The van der Waals surface area contributed by atoms with Gasteiger partial charge in [-0.15, -0.1) is 0 Å². The van der Waals surface area contributed by atoms with Crippen LogP contribution in [-0.2, 0) is 6.54 Å². The molecule has 1 aromatic carbocycles. The summed E-state index contributed by atoms with van der Waals surface area (Å²) >= 11 is 6.38. The van der Waals surface area contributed by atoms with E-state index in [-0.39, 0.29) is 12.1 Å². The normalized spacial score (nSPS) is 10.5. The monoisotopic (exact) mass is 389 g/mol. The number of carbonyl (C=O) groups is 1. The number of halogens is 3. The fraction of sp³-hybridized carbons (Fsp3) is 0.154. The van der Waals surface area contributed by atoms with E-state index in [0.717, 1.165) is 0 Å². The third kappa shape index (κ3) is 3.25. The Kier molecular flexibility index (Phi) is 4.42. The minimum atomic E-state index is -0.549. The van der Waals surface area contributed by atoms with Gasteiger partial charge in [0, 0.05) is 11.5 Å². The number of benzene rings is 1. The molecule has 0 saturated carbocycles. The molecule has 6 heteroatoms. The molecule has 0 fully saturated rings. The molecule has 0 radical (unpaired) electrons. The summed E-state index contributed by atoms with van der Waals surface area (Å²) in [6.45, 7) is 0.269. The van der Waals surface area contributed by atoms with Crippen molar-refractivity contribution < 1.29 is 13.6 Å². The van der Waals surface area contributed by atoms with E-state index in [9.17, 15) is 9.18 Å². The van der Waals surface area contributed by atoms with Gasteiger partial charge in [-0.2, -0.15) is 0 Å². The summed E-state index contributed by atoms with van der Waals surface area (Å²) in [5.74, 6) is -0.334. The van der Waals surface area contributed by atoms with Gasteiger partial charge in [0.15, 0.2) is 4.67 Å². The lowest BCUT2D eigenvalue weighted by Crippen LogP contribution is -2.27. The largest absolute Gasteiger partial charge is 0.452 e. The van der Waals surface area contributed by atoms with Gasteiger partial charge in [0.05, 0.1) is 12.1 Å². The van der Waals surface area contributed by atoms with Gasteiger partial charge in [0.1, 0.15) is 11.6 Å². The van der Waals surface area contributed by atoms with Gasteiger partial charge >= 0.3 is 0 Å². The Morgan fingerprint density at radius 1 is 1.32 bits per heavy atom. The second-order valence-electron chi connectivity index (χ2n) is 3.96. The average molecular weight is 391 g/mol. The van der Waals surface area contributed by atoms with Crippen molar-refractivity contribution in [3.8, 4) is 0 Å². The molecule has 0 spiro atoms. The maximum absolute atomic E-state index is 13.7. The maximum atomic E-state index is 13.7. The van der Waals surface area contributed by atoms with Crippen molar-refractivity contribution in [2.24, 2.45) is 0 Å². The van der Waals surface area contributed by atoms with Crippen molar-refractivity contribution in [2.75, 3.05) is 7.05 Å². The molecular weight excluding hydrogens is 381 g/mol. The van der Waals surface area contributed by atoms with E-state index < -0.39 is 11.7 Å². The molecule has 0 unspecified atom stereocenters. The van der Waals surface area contributed by atoms with E-state index in [2.05, 4.69) is 31.9 Å². The van der Waals surface area contributed by atoms with Crippen molar-refractivity contribution in [1.29, 1.82) is 0 Å². The van der Waals surface area contributed by atoms with Gasteiger partial charge in [-0.25, -0.2) is 4.39 Å². The topological polar surface area (TPSA) is 33.5 Å². The predicted molar refractivity (Wildman–Crippen MR) is 76.3 cm³/mol. The maximum Gasteiger partial charge on any atom is 0.258 e. The summed E-state index contributed by atoms with van der Waals surface area (Å²) in [5.41, 5.74) is 0.0237. The van der Waals surface area contributed by atoms with Crippen molar-refractivity contribution in [3.63, 3.8) is 0 Å². The zero-order valence-corrected chi connectivity index (χ0v) is 13.2. The third-order valence-electron chi connectivity index (χ3n) is 2.55. The molecule has 19 heavy (non-hydrogen) atoms. The first kappa shape index (κ1) is 14.3. The van der Waals surface area contributed by atoms with E-state index >= 15 is 0 Å². The van der Waals surface area contributed by atoms with Gasteiger partial charge in [-0.05, 0) is 56.1 Å². The zero-order chi connectivity index (χ0) is 14.0. The summed E-state index contributed by atoms with van der Waals surface area (Å²) in [5, 5.41) is 0. The standard InChI is InChI=1S/C13H10Br2FNO2/c1-17(7-8-5-6-11(15)19-8)13(18)12-9(14)3-2-4-10(12)16/h2-6H,7H2,1H3. The minimum absolute atomic E-state index is 0.0237. The average Bonchev–Trinajstić information content (AvgIpc) is 2.74. The van der Waals surface area contributed by atoms with E-state index in [0.29, 0.717) is 14.9 Å². The second-order valence-corrected chi connectivity index (χ2v) is 5.60. The lowest BCUT2D eigenvalue weighted by Gasteiger charge is -2.17. The molecule has 0 saturated heterocycles. The summed E-state index contributed by atoms with van der Waals surface area (Å²) in [7, 11) is 1.59. The van der Waals surface area contributed by atoms with Crippen LogP contribution >= 0.6 is 31.9 Å². The SMILES string of the molecule is CN(Cc1ccc(Br)o1)C(=O)c1c(F)cccc1Br. The summed E-state index contributed by atoms with van der Waals surface area (Å²) < 4.78 is 20.0. The molecule has 0 atom stereocenters. The van der Waals surface area contributed by atoms with Crippen molar-refractivity contribution >= 4 is 37.8 Å². The number of carbonyl (C=O) groups excluding carboxylic acids is 1. The van der Waals surface area contributed by atoms with E-state index in [4.69, 9.17) is 4.42 Å². The van der Waals surface area contributed by atoms with E-state index in [1.165, 1.54) is 11.0 Å². The van der Waals surface area contributed by atoms with Crippen LogP contribution in [0, 0.1) is 5.82 Å². The Labute approximate surface area is 126 Å². The lowest BCUT2D eigenvalue weighted by atomic mass is 10.2. The lowest BCUT2D eigenvalue weighted by molar-refractivity contribution is 0.0769. The number of rotatable bonds is 3. The Morgan fingerprint density at radius 3 is 2.63 bits per heavy atom. The smallest absolute Gasteiger partial charge is 0.258 e. The fourth-order valence-corrected chi connectivity index (χ4v) is 2.49. The van der Waals surface area contributed by atoms with Crippen molar-refractivity contribution in [1.82, 2.24) is 4.90 Å². The molecule has 0 aliphatic heterocycles. The molecule has 0 bridgehead atoms. The van der Waals surface area contributed by atoms with Gasteiger partial charge in [0.2, 0.25) is 0 Å². The van der Waals surface area contributed by atoms with Gasteiger partial charge in [-0.3, -0.25) is 4.79 Å². The molecular formula is C13H10Br2FNO2. The zero-order valence-electron chi connectivity index (χ0n) is 9.99. The summed E-state index contributed by atoms with van der Waals surface area (Å²) in [6.07, 6.45) is 0. The molecule has 1 heterocycles. The Hall–Kier alpha value is -1.14. The minimum Gasteiger partial charge on any atom is -0.452 e. The van der Waals surface area contributed by atoms with E-state index in [1.807, 2.05) is 0 Å². The molecule has 1 aromatic heterocycles. The second kappa shape index (κ2) is 5.88. The summed E-state index contributed by atoms with van der Waals surface area (Å²) in [4.78, 5) is 13.6. The number of nitrogens with zero attached hydrogens (tertiary/aromatic N) is 1. The number of furan rings is 1. The van der Waals surface area contributed by atoms with Crippen LogP contribution in [0.4, 0.5) is 4.39 Å². The Morgan fingerprint density at radius 2 is 2.05 bits per heavy atom. The molecule has 100 valence electrons. The first-order valence-corrected chi connectivity index (χ1v) is 7.01. The highest BCUT2D eigenvalue weighted by Gasteiger charge is 2.20. The highest BCUT2D eigenvalue weighted by atomic mass is 79.9. The van der Waals surface area contributed by atoms with Crippen molar-refractivity contribution in [3.05, 3.63) is 56.6 Å². The highest BCUT2D eigenvalue weighted by Crippen LogP contribution is 2.22. The Bertz CT molecular complexity index is 592. The van der Waals surface area contributed by atoms with Crippen LogP contribution in [0.1, 0.15) is 16.1 Å². The van der Waals surface area contributed by atoms with Crippen LogP contribution in [0.3, 0.4) is 0 Å². The fourth-order valence-electron chi connectivity index (χ4n) is 1.64. The van der Waals surface area contributed by atoms with Crippen molar-refractivity contribution in [2.45, 2.75) is 6.54 Å². The van der Waals surface area contributed by atoms with E-state index in [1.54, 1.807) is 31.3 Å². The van der Waals surface area contributed by atoms with Crippen LogP contribution < -0.4 is 0 Å². The summed E-state index contributed by atoms with van der Waals surface area (Å²) in [6, 6.07) is 7.93. The molecule has 0 aliphatic rings. The first-order chi connectivity index (χ1) is 8.99.